The summed E-state index contributed by atoms with van der Waals surface area (Å²) in [6.07, 6.45) is 2.32. The second-order valence-electron chi connectivity index (χ2n) is 6.80. The molecule has 0 aliphatic carbocycles. The van der Waals surface area contributed by atoms with Crippen LogP contribution in [-0.2, 0) is 19.1 Å². The fourth-order valence-corrected chi connectivity index (χ4v) is 3.01. The Labute approximate surface area is 171 Å². The number of hydrogen-bond acceptors (Lipinski definition) is 7. The molecule has 0 bridgehead atoms. The number of esters is 2. The van der Waals surface area contributed by atoms with Gasteiger partial charge in [-0.2, -0.15) is 10.4 Å². The summed E-state index contributed by atoms with van der Waals surface area (Å²) < 4.78 is 10.8. The average Bonchev–Trinajstić information content (AvgIpc) is 2.73. The van der Waals surface area contributed by atoms with Crippen molar-refractivity contribution in [3.8, 4) is 6.07 Å². The molecule has 29 heavy (non-hydrogen) atoms. The Morgan fingerprint density at radius 3 is 2.55 bits per heavy atom. The van der Waals surface area contributed by atoms with Crippen molar-refractivity contribution in [2.24, 2.45) is 5.10 Å². The summed E-state index contributed by atoms with van der Waals surface area (Å²) in [5, 5.41) is 15.2. The lowest BCUT2D eigenvalue weighted by molar-refractivity contribution is -0.139. The van der Waals surface area contributed by atoms with Gasteiger partial charge in [-0.15, -0.1) is 0 Å². The summed E-state index contributed by atoms with van der Waals surface area (Å²) in [6, 6.07) is 8.91. The smallest absolute Gasteiger partial charge is 0.355 e. The molecular formula is C22H27N3O4. The molecular weight excluding hydrogens is 370 g/mol. The molecule has 0 saturated heterocycles. The van der Waals surface area contributed by atoms with E-state index in [9.17, 15) is 14.9 Å². The van der Waals surface area contributed by atoms with Crippen LogP contribution in [0.15, 0.2) is 40.6 Å². The van der Waals surface area contributed by atoms with Gasteiger partial charge in [-0.25, -0.2) is 9.59 Å². The predicted molar refractivity (Wildman–Crippen MR) is 109 cm³/mol. The van der Waals surface area contributed by atoms with Gasteiger partial charge in [0.2, 0.25) is 0 Å². The third kappa shape index (κ3) is 5.23. The van der Waals surface area contributed by atoms with Gasteiger partial charge >= 0.3 is 11.9 Å². The van der Waals surface area contributed by atoms with E-state index in [4.69, 9.17) is 9.47 Å². The number of carbonyl (C=O) groups excluding carboxylic acids is 2. The largest absolute Gasteiger partial charge is 0.462 e. The molecule has 0 N–H and O–H groups in total. The van der Waals surface area contributed by atoms with Crippen LogP contribution >= 0.6 is 0 Å². The van der Waals surface area contributed by atoms with Crippen LogP contribution in [0.4, 0.5) is 0 Å². The predicted octanol–water partition coefficient (Wildman–Crippen LogP) is 3.51. The van der Waals surface area contributed by atoms with Gasteiger partial charge in [-0.1, -0.05) is 32.4 Å². The maximum absolute atomic E-state index is 13.0. The summed E-state index contributed by atoms with van der Waals surface area (Å²) in [5.74, 6) is -1.85. The third-order valence-corrected chi connectivity index (χ3v) is 4.64. The first-order chi connectivity index (χ1) is 13.9. The molecule has 1 aliphatic rings. The van der Waals surface area contributed by atoms with Crippen LogP contribution in [0, 0.1) is 11.3 Å². The number of ether oxygens (including phenoxy) is 2. The monoisotopic (exact) mass is 397 g/mol. The van der Waals surface area contributed by atoms with Gasteiger partial charge in [0, 0.05) is 12.7 Å². The molecule has 2 rings (SSSR count). The molecule has 7 heteroatoms. The Balaban J connectivity index is 2.54. The summed E-state index contributed by atoms with van der Waals surface area (Å²) in [7, 11) is 1.67. The van der Waals surface area contributed by atoms with Crippen molar-refractivity contribution in [3.63, 3.8) is 0 Å². The van der Waals surface area contributed by atoms with E-state index in [-0.39, 0.29) is 12.3 Å². The molecule has 1 atom stereocenters. The molecule has 0 aromatic heterocycles. The average molecular weight is 397 g/mol. The highest BCUT2D eigenvalue weighted by Crippen LogP contribution is 2.35. The van der Waals surface area contributed by atoms with E-state index < -0.39 is 17.9 Å². The highest BCUT2D eigenvalue weighted by Gasteiger charge is 2.39. The zero-order valence-corrected chi connectivity index (χ0v) is 17.4. The van der Waals surface area contributed by atoms with Gasteiger partial charge in [0.05, 0.1) is 36.3 Å². The fraction of sp³-hybridized carbons (Fsp3) is 0.455. The Morgan fingerprint density at radius 1 is 1.17 bits per heavy atom. The highest BCUT2D eigenvalue weighted by molar-refractivity contribution is 6.40. The molecule has 1 aromatic rings. The Kier molecular flexibility index (Phi) is 7.96. The summed E-state index contributed by atoms with van der Waals surface area (Å²) in [4.78, 5) is 25.7. The SMILES string of the molecule is CCCCOC(=O)C1=C(C)N(C)N=C(C(=O)OCCC)C1c1cccc(C#N)c1. The van der Waals surface area contributed by atoms with Crippen molar-refractivity contribution in [1.82, 2.24) is 5.01 Å². The van der Waals surface area contributed by atoms with Gasteiger partial charge in [-0.05, 0) is 37.5 Å². The van der Waals surface area contributed by atoms with Crippen molar-refractivity contribution >= 4 is 17.7 Å². The van der Waals surface area contributed by atoms with E-state index in [2.05, 4.69) is 11.2 Å². The first-order valence-corrected chi connectivity index (χ1v) is 9.81. The lowest BCUT2D eigenvalue weighted by Crippen LogP contribution is -2.36. The molecule has 1 heterocycles. The second-order valence-corrected chi connectivity index (χ2v) is 6.80. The van der Waals surface area contributed by atoms with Crippen LogP contribution in [-0.4, -0.2) is 42.9 Å². The number of unbranched alkanes of at least 4 members (excludes halogenated alkanes) is 1. The van der Waals surface area contributed by atoms with E-state index in [1.165, 1.54) is 5.01 Å². The number of hydrogen-bond donors (Lipinski definition) is 0. The molecule has 7 nitrogen and oxygen atoms in total. The number of nitrogens with zero attached hydrogens (tertiary/aromatic N) is 3. The lowest BCUT2D eigenvalue weighted by atomic mass is 9.84. The van der Waals surface area contributed by atoms with Gasteiger partial charge < -0.3 is 9.47 Å². The molecule has 0 saturated carbocycles. The normalized spacial score (nSPS) is 16.2. The molecule has 154 valence electrons. The van der Waals surface area contributed by atoms with Gasteiger partial charge in [0.15, 0.2) is 5.71 Å². The quantitative estimate of drug-likeness (QED) is 0.492. The molecule has 0 radical (unpaired) electrons. The first-order valence-electron chi connectivity index (χ1n) is 9.81. The second kappa shape index (κ2) is 10.4. The minimum absolute atomic E-state index is 0.101. The van der Waals surface area contributed by atoms with E-state index >= 15 is 0 Å². The zero-order chi connectivity index (χ0) is 21.4. The topological polar surface area (TPSA) is 92.0 Å². The Hall–Kier alpha value is -3.14. The van der Waals surface area contributed by atoms with Crippen molar-refractivity contribution in [2.75, 3.05) is 20.3 Å². The number of carbonyl (C=O) groups is 2. The van der Waals surface area contributed by atoms with Crippen LogP contribution in [0.2, 0.25) is 0 Å². The fourth-order valence-electron chi connectivity index (χ4n) is 3.01. The van der Waals surface area contributed by atoms with Crippen LogP contribution in [0.3, 0.4) is 0 Å². The number of hydrazone groups is 1. The van der Waals surface area contributed by atoms with E-state index in [1.54, 1.807) is 38.2 Å². The number of nitriles is 1. The summed E-state index contributed by atoms with van der Waals surface area (Å²) in [6.45, 7) is 6.22. The molecule has 0 amide bonds. The number of benzene rings is 1. The highest BCUT2D eigenvalue weighted by atomic mass is 16.5. The van der Waals surface area contributed by atoms with E-state index in [0.29, 0.717) is 35.4 Å². The van der Waals surface area contributed by atoms with Crippen LogP contribution in [0.25, 0.3) is 0 Å². The maximum Gasteiger partial charge on any atom is 0.355 e. The molecule has 0 spiro atoms. The van der Waals surface area contributed by atoms with Crippen molar-refractivity contribution in [3.05, 3.63) is 46.7 Å². The Bertz CT molecular complexity index is 867. The molecule has 0 fully saturated rings. The standard InChI is InChI=1S/C22H27N3O4/c1-5-7-12-29-21(26)18-15(3)25(4)24-20(22(27)28-11-6-2)19(18)17-10-8-9-16(13-17)14-23/h8-10,13,19H,5-7,11-12H2,1-4H3. The molecule has 1 aromatic carbocycles. The first kappa shape index (κ1) is 22.2. The summed E-state index contributed by atoms with van der Waals surface area (Å²) >= 11 is 0. The van der Waals surface area contributed by atoms with Crippen molar-refractivity contribution in [1.29, 1.82) is 5.26 Å². The minimum Gasteiger partial charge on any atom is -0.462 e. The van der Waals surface area contributed by atoms with Gasteiger partial charge in [0.25, 0.3) is 0 Å². The van der Waals surface area contributed by atoms with Gasteiger partial charge in [0.1, 0.15) is 0 Å². The lowest BCUT2D eigenvalue weighted by Gasteiger charge is -2.30. The van der Waals surface area contributed by atoms with Crippen LogP contribution in [0.1, 0.15) is 57.1 Å². The van der Waals surface area contributed by atoms with Crippen LogP contribution in [0.5, 0.6) is 0 Å². The van der Waals surface area contributed by atoms with Crippen LogP contribution < -0.4 is 0 Å². The minimum atomic E-state index is -0.766. The number of allylic oxidation sites excluding steroid dienone is 1. The molecule has 1 aliphatic heterocycles. The van der Waals surface area contributed by atoms with E-state index in [1.807, 2.05) is 13.8 Å². The number of rotatable bonds is 8. The van der Waals surface area contributed by atoms with Gasteiger partial charge in [-0.3, -0.25) is 5.01 Å². The van der Waals surface area contributed by atoms with Crippen molar-refractivity contribution < 1.29 is 19.1 Å². The van der Waals surface area contributed by atoms with E-state index in [0.717, 1.165) is 12.8 Å². The maximum atomic E-state index is 13.0. The van der Waals surface area contributed by atoms with Crippen molar-refractivity contribution in [2.45, 2.75) is 46.0 Å². The zero-order valence-electron chi connectivity index (χ0n) is 17.4. The summed E-state index contributed by atoms with van der Waals surface area (Å²) in [5.41, 5.74) is 2.07. The Morgan fingerprint density at radius 2 is 1.90 bits per heavy atom. The third-order valence-electron chi connectivity index (χ3n) is 4.64. The molecule has 1 unspecified atom stereocenters.